The SMILES string of the molecule is CCc1nc2cc(C)ccn2c1C(=O)Nc1ccc(OC)cc1. The molecule has 0 atom stereocenters. The van der Waals surface area contributed by atoms with E-state index < -0.39 is 0 Å². The zero-order chi connectivity index (χ0) is 16.4. The van der Waals surface area contributed by atoms with Crippen LogP contribution in [-0.2, 0) is 6.42 Å². The summed E-state index contributed by atoms with van der Waals surface area (Å²) in [4.78, 5) is 17.3. The van der Waals surface area contributed by atoms with Crippen molar-refractivity contribution >= 4 is 17.2 Å². The summed E-state index contributed by atoms with van der Waals surface area (Å²) in [6.45, 7) is 4.01. The fourth-order valence-corrected chi connectivity index (χ4v) is 2.55. The standard InChI is InChI=1S/C18H19N3O2/c1-4-15-17(21-10-9-12(2)11-16(21)20-15)18(22)19-13-5-7-14(23-3)8-6-13/h5-11H,4H2,1-3H3,(H,19,22). The Morgan fingerprint density at radius 1 is 1.26 bits per heavy atom. The number of anilines is 1. The molecule has 2 aromatic heterocycles. The maximum Gasteiger partial charge on any atom is 0.274 e. The number of nitrogens with one attached hydrogen (secondary N) is 1. The predicted molar refractivity (Wildman–Crippen MR) is 90.3 cm³/mol. The molecule has 2 heterocycles. The molecule has 118 valence electrons. The highest BCUT2D eigenvalue weighted by atomic mass is 16.5. The van der Waals surface area contributed by atoms with Crippen molar-refractivity contribution in [2.45, 2.75) is 20.3 Å². The number of benzene rings is 1. The van der Waals surface area contributed by atoms with Crippen LogP contribution in [-0.4, -0.2) is 22.4 Å². The molecule has 0 radical (unpaired) electrons. The predicted octanol–water partition coefficient (Wildman–Crippen LogP) is 3.47. The summed E-state index contributed by atoms with van der Waals surface area (Å²) >= 11 is 0. The van der Waals surface area contributed by atoms with E-state index in [9.17, 15) is 4.79 Å². The molecule has 1 N–H and O–H groups in total. The zero-order valence-electron chi connectivity index (χ0n) is 13.5. The third-order valence-electron chi connectivity index (χ3n) is 3.75. The number of methoxy groups -OCH3 is 1. The molecule has 0 aliphatic heterocycles. The van der Waals surface area contributed by atoms with Gasteiger partial charge >= 0.3 is 0 Å². The van der Waals surface area contributed by atoms with E-state index in [1.807, 2.05) is 60.8 Å². The average Bonchev–Trinajstić information content (AvgIpc) is 2.93. The lowest BCUT2D eigenvalue weighted by Gasteiger charge is -2.07. The Labute approximate surface area is 134 Å². The Kier molecular flexibility index (Phi) is 4.02. The van der Waals surface area contributed by atoms with Crippen molar-refractivity contribution in [1.29, 1.82) is 0 Å². The van der Waals surface area contributed by atoms with E-state index in [1.165, 1.54) is 0 Å². The molecule has 1 aromatic carbocycles. The number of nitrogens with zero attached hydrogens (tertiary/aromatic N) is 2. The van der Waals surface area contributed by atoms with E-state index in [1.54, 1.807) is 7.11 Å². The summed E-state index contributed by atoms with van der Waals surface area (Å²) < 4.78 is 6.96. The largest absolute Gasteiger partial charge is 0.497 e. The minimum atomic E-state index is -0.164. The molecule has 23 heavy (non-hydrogen) atoms. The number of amides is 1. The number of aryl methyl sites for hydroxylation is 2. The van der Waals surface area contributed by atoms with Gasteiger partial charge in [-0.2, -0.15) is 0 Å². The monoisotopic (exact) mass is 309 g/mol. The van der Waals surface area contributed by atoms with Gasteiger partial charge < -0.3 is 10.1 Å². The highest BCUT2D eigenvalue weighted by Gasteiger charge is 2.18. The van der Waals surface area contributed by atoms with Gasteiger partial charge in [-0.1, -0.05) is 6.92 Å². The molecule has 3 rings (SSSR count). The molecule has 0 aliphatic carbocycles. The number of hydrogen-bond donors (Lipinski definition) is 1. The maximum absolute atomic E-state index is 12.7. The van der Waals surface area contributed by atoms with Gasteiger partial charge in [-0.3, -0.25) is 9.20 Å². The Hall–Kier alpha value is -2.82. The maximum atomic E-state index is 12.7. The van der Waals surface area contributed by atoms with Crippen molar-refractivity contribution in [3.63, 3.8) is 0 Å². The van der Waals surface area contributed by atoms with E-state index in [0.29, 0.717) is 12.1 Å². The second-order valence-corrected chi connectivity index (χ2v) is 5.38. The number of fused-ring (bicyclic) bond motifs is 1. The van der Waals surface area contributed by atoms with Crippen LogP contribution < -0.4 is 10.1 Å². The zero-order valence-corrected chi connectivity index (χ0v) is 13.5. The second kappa shape index (κ2) is 6.12. The van der Waals surface area contributed by atoms with Crippen molar-refractivity contribution in [2.24, 2.45) is 0 Å². The number of carbonyl (C=O) groups is 1. The van der Waals surface area contributed by atoms with Crippen LogP contribution in [0.4, 0.5) is 5.69 Å². The van der Waals surface area contributed by atoms with Gasteiger partial charge in [0.25, 0.3) is 5.91 Å². The topological polar surface area (TPSA) is 55.6 Å². The smallest absolute Gasteiger partial charge is 0.274 e. The van der Waals surface area contributed by atoms with E-state index >= 15 is 0 Å². The van der Waals surface area contributed by atoms with Crippen molar-refractivity contribution in [3.05, 3.63) is 59.5 Å². The number of aromatic nitrogens is 2. The van der Waals surface area contributed by atoms with Gasteiger partial charge in [0.05, 0.1) is 12.8 Å². The lowest BCUT2D eigenvalue weighted by molar-refractivity contribution is 0.102. The van der Waals surface area contributed by atoms with Crippen molar-refractivity contribution in [3.8, 4) is 5.75 Å². The van der Waals surface area contributed by atoms with Crippen LogP contribution in [0.5, 0.6) is 5.75 Å². The van der Waals surface area contributed by atoms with Crippen LogP contribution in [0, 0.1) is 6.92 Å². The van der Waals surface area contributed by atoms with Gasteiger partial charge in [-0.15, -0.1) is 0 Å². The highest BCUT2D eigenvalue weighted by Crippen LogP contribution is 2.19. The number of pyridine rings is 1. The van der Waals surface area contributed by atoms with Crippen LogP contribution >= 0.6 is 0 Å². The highest BCUT2D eigenvalue weighted by molar-refractivity contribution is 6.04. The van der Waals surface area contributed by atoms with Gasteiger partial charge in [0.2, 0.25) is 0 Å². The molecule has 0 fully saturated rings. The van der Waals surface area contributed by atoms with Crippen LogP contribution in [0.15, 0.2) is 42.6 Å². The van der Waals surface area contributed by atoms with E-state index in [2.05, 4.69) is 10.3 Å². The van der Waals surface area contributed by atoms with Gasteiger partial charge in [0.15, 0.2) is 0 Å². The van der Waals surface area contributed by atoms with Gasteiger partial charge in [-0.05, 0) is 55.3 Å². The van der Waals surface area contributed by atoms with Crippen molar-refractivity contribution in [2.75, 3.05) is 12.4 Å². The lowest BCUT2D eigenvalue weighted by Crippen LogP contribution is -2.16. The first-order chi connectivity index (χ1) is 11.1. The summed E-state index contributed by atoms with van der Waals surface area (Å²) in [6.07, 6.45) is 2.59. The molecule has 0 bridgehead atoms. The molecule has 0 unspecified atom stereocenters. The molecule has 0 aliphatic rings. The number of ether oxygens (including phenoxy) is 1. The molecule has 3 aromatic rings. The molecular formula is C18H19N3O2. The van der Waals surface area contributed by atoms with Crippen LogP contribution in [0.3, 0.4) is 0 Å². The number of carbonyl (C=O) groups excluding carboxylic acids is 1. The summed E-state index contributed by atoms with van der Waals surface area (Å²) in [5, 5.41) is 2.92. The molecule has 1 amide bonds. The molecule has 0 saturated carbocycles. The van der Waals surface area contributed by atoms with Crippen LogP contribution in [0.1, 0.15) is 28.7 Å². The van der Waals surface area contributed by atoms with Crippen molar-refractivity contribution < 1.29 is 9.53 Å². The first-order valence-electron chi connectivity index (χ1n) is 7.55. The summed E-state index contributed by atoms with van der Waals surface area (Å²) in [5.41, 5.74) is 4.01. The Morgan fingerprint density at radius 3 is 2.65 bits per heavy atom. The molecule has 0 spiro atoms. The summed E-state index contributed by atoms with van der Waals surface area (Å²) in [5.74, 6) is 0.589. The quantitative estimate of drug-likeness (QED) is 0.803. The van der Waals surface area contributed by atoms with E-state index in [0.717, 1.165) is 28.3 Å². The number of rotatable bonds is 4. The minimum absolute atomic E-state index is 0.164. The van der Waals surface area contributed by atoms with Gasteiger partial charge in [-0.25, -0.2) is 4.98 Å². The van der Waals surface area contributed by atoms with E-state index in [-0.39, 0.29) is 5.91 Å². The molecular weight excluding hydrogens is 290 g/mol. The van der Waals surface area contributed by atoms with Gasteiger partial charge in [0.1, 0.15) is 17.1 Å². The van der Waals surface area contributed by atoms with Crippen LogP contribution in [0.25, 0.3) is 5.65 Å². The Balaban J connectivity index is 1.96. The third-order valence-corrected chi connectivity index (χ3v) is 3.75. The summed E-state index contributed by atoms with van der Waals surface area (Å²) in [7, 11) is 1.61. The van der Waals surface area contributed by atoms with E-state index in [4.69, 9.17) is 4.74 Å². The Bertz CT molecular complexity index is 851. The first kappa shape index (κ1) is 15.1. The molecule has 5 heteroatoms. The summed E-state index contributed by atoms with van der Waals surface area (Å²) in [6, 6.07) is 11.2. The van der Waals surface area contributed by atoms with Crippen molar-refractivity contribution in [1.82, 2.24) is 9.38 Å². The Morgan fingerprint density at radius 2 is 2.00 bits per heavy atom. The number of imidazole rings is 1. The van der Waals surface area contributed by atoms with Gasteiger partial charge in [0, 0.05) is 11.9 Å². The fraction of sp³-hybridized carbons (Fsp3) is 0.222. The second-order valence-electron chi connectivity index (χ2n) is 5.38. The third kappa shape index (κ3) is 2.90. The molecule has 0 saturated heterocycles. The minimum Gasteiger partial charge on any atom is -0.497 e. The average molecular weight is 309 g/mol. The normalized spacial score (nSPS) is 10.7. The van der Waals surface area contributed by atoms with Crippen LogP contribution in [0.2, 0.25) is 0 Å². The first-order valence-corrected chi connectivity index (χ1v) is 7.55. The molecule has 5 nitrogen and oxygen atoms in total. The lowest BCUT2D eigenvalue weighted by atomic mass is 10.2. The fourth-order valence-electron chi connectivity index (χ4n) is 2.55. The number of hydrogen-bond acceptors (Lipinski definition) is 3.